The minimum absolute atomic E-state index is 0.0918. The molecule has 3 aliphatic rings. The summed E-state index contributed by atoms with van der Waals surface area (Å²) in [4.78, 5) is 4.59. The molecule has 0 amide bonds. The Morgan fingerprint density at radius 3 is 2.77 bits per heavy atom. The van der Waals surface area contributed by atoms with Crippen molar-refractivity contribution in [1.29, 1.82) is 5.26 Å². The number of hydrogen-bond acceptors (Lipinski definition) is 3. The first-order valence-corrected chi connectivity index (χ1v) is 11.8. The third kappa shape index (κ3) is 3.42. The molecule has 3 saturated carbocycles. The van der Waals surface area contributed by atoms with Crippen LogP contribution >= 0.6 is 11.8 Å². The zero-order chi connectivity index (χ0) is 19.1. The molecule has 0 bridgehead atoms. The molecule has 0 aliphatic heterocycles. The van der Waals surface area contributed by atoms with E-state index in [-0.39, 0.29) is 10.3 Å². The molecule has 3 aliphatic carbocycles. The topological polar surface area (TPSA) is 36.1 Å². The Morgan fingerprint density at radius 2 is 2.12 bits per heavy atom. The molecule has 4 heteroatoms. The first-order valence-electron chi connectivity index (χ1n) is 10.1. The van der Waals surface area contributed by atoms with E-state index in [0.29, 0.717) is 23.7 Å². The zero-order valence-electron chi connectivity index (χ0n) is 16.6. The Bertz CT molecular complexity index is 660. The van der Waals surface area contributed by atoms with Crippen molar-refractivity contribution in [2.75, 3.05) is 0 Å². The van der Waals surface area contributed by atoms with Gasteiger partial charge >= 0.3 is 172 Å². The summed E-state index contributed by atoms with van der Waals surface area (Å²) in [5.41, 5.74) is 1.36. The Balaban J connectivity index is 2.02. The van der Waals surface area contributed by atoms with Gasteiger partial charge in [-0.2, -0.15) is 0 Å². The molecule has 26 heavy (non-hydrogen) atoms. The normalized spacial score (nSPS) is 42.3. The molecule has 7 atom stereocenters. The number of thiocyanates is 1. The van der Waals surface area contributed by atoms with Crippen molar-refractivity contribution in [2.24, 2.45) is 40.5 Å². The summed E-state index contributed by atoms with van der Waals surface area (Å²) >= 11 is 4.40. The Morgan fingerprint density at radius 1 is 1.38 bits per heavy atom. The van der Waals surface area contributed by atoms with Crippen molar-refractivity contribution < 1.29 is 0 Å². The number of rotatable bonds is 4. The second kappa shape index (κ2) is 7.60. The molecule has 0 N–H and O–H groups in total. The summed E-state index contributed by atoms with van der Waals surface area (Å²) in [6.45, 7) is 13.9. The fraction of sp³-hybridized carbons (Fsp3) is 0.818. The maximum absolute atomic E-state index is 9.65. The van der Waals surface area contributed by atoms with Crippen LogP contribution in [0, 0.1) is 46.2 Å². The summed E-state index contributed by atoms with van der Waals surface area (Å²) in [6.07, 6.45) is 7.20. The molecular formula is C22H32N2SSe. The van der Waals surface area contributed by atoms with E-state index >= 15 is 0 Å². The van der Waals surface area contributed by atoms with E-state index in [4.69, 9.17) is 0 Å². The van der Waals surface area contributed by atoms with Crippen LogP contribution in [-0.2, 0) is 0 Å². The van der Waals surface area contributed by atoms with Crippen LogP contribution in [0.5, 0.6) is 0 Å². The summed E-state index contributed by atoms with van der Waals surface area (Å²) in [5.74, 6) is 3.90. The van der Waals surface area contributed by atoms with Crippen LogP contribution < -0.4 is 0 Å². The third-order valence-electron chi connectivity index (χ3n) is 7.75. The number of nitriles is 1. The summed E-state index contributed by atoms with van der Waals surface area (Å²) in [5, 5.41) is 12.2. The molecule has 142 valence electrons. The van der Waals surface area contributed by atoms with E-state index in [2.05, 4.69) is 65.0 Å². The summed E-state index contributed by atoms with van der Waals surface area (Å²) < 4.78 is 3.03. The standard InChI is InChI=1S/C22H32N2SSe/c1-14-8-9-22(25-12-23)16(3)6-7-18-15(2)10-17(19(14)20(18)22)11-21(4,5)24-13-26/h15-20H,1,6-11H2,2-5H3/t15-,16-,17-,18+,19-,20-,22-/m0/s1. The maximum atomic E-state index is 9.65. The van der Waals surface area contributed by atoms with Crippen LogP contribution in [0.3, 0.4) is 0 Å². The van der Waals surface area contributed by atoms with Gasteiger partial charge in [-0.15, -0.1) is 0 Å². The fourth-order valence-corrected chi connectivity index (χ4v) is 8.38. The Labute approximate surface area is 171 Å². The molecule has 0 radical (unpaired) electrons. The molecule has 0 unspecified atom stereocenters. The van der Waals surface area contributed by atoms with Gasteiger partial charge in [-0.25, -0.2) is 0 Å². The van der Waals surface area contributed by atoms with Gasteiger partial charge in [0.15, 0.2) is 0 Å². The van der Waals surface area contributed by atoms with Gasteiger partial charge < -0.3 is 0 Å². The fourth-order valence-electron chi connectivity index (χ4n) is 6.71. The minimum atomic E-state index is -0.0918. The predicted molar refractivity (Wildman–Crippen MR) is 112 cm³/mol. The van der Waals surface area contributed by atoms with Gasteiger partial charge in [-0.1, -0.05) is 0 Å². The molecule has 0 aromatic rings. The van der Waals surface area contributed by atoms with Crippen molar-refractivity contribution in [2.45, 2.75) is 76.5 Å². The van der Waals surface area contributed by atoms with E-state index in [1.54, 1.807) is 11.8 Å². The van der Waals surface area contributed by atoms with Gasteiger partial charge in [0.05, 0.1) is 0 Å². The van der Waals surface area contributed by atoms with Gasteiger partial charge in [-0.05, 0) is 0 Å². The van der Waals surface area contributed by atoms with Gasteiger partial charge in [0.1, 0.15) is 0 Å². The van der Waals surface area contributed by atoms with E-state index in [1.807, 2.05) is 0 Å². The number of nitrogens with zero attached hydrogens (tertiary/aromatic N) is 2. The molecular weight excluding hydrogens is 403 g/mol. The van der Waals surface area contributed by atoms with Gasteiger partial charge in [0.2, 0.25) is 0 Å². The Hall–Kier alpha value is -0.321. The average Bonchev–Trinajstić information content (AvgIpc) is 2.55. The van der Waals surface area contributed by atoms with E-state index in [0.717, 1.165) is 31.1 Å². The van der Waals surface area contributed by atoms with E-state index < -0.39 is 0 Å². The van der Waals surface area contributed by atoms with Crippen molar-refractivity contribution in [3.05, 3.63) is 12.2 Å². The number of hydrogen-bond donors (Lipinski definition) is 0. The second-order valence-corrected chi connectivity index (χ2v) is 11.2. The van der Waals surface area contributed by atoms with Gasteiger partial charge in [-0.3, -0.25) is 0 Å². The van der Waals surface area contributed by atoms with Crippen LogP contribution in [0.25, 0.3) is 0 Å². The monoisotopic (exact) mass is 436 g/mol. The zero-order valence-corrected chi connectivity index (χ0v) is 19.2. The molecule has 0 saturated heterocycles. The molecule has 3 fully saturated rings. The molecule has 3 rings (SSSR count). The molecule has 2 nitrogen and oxygen atoms in total. The van der Waals surface area contributed by atoms with Gasteiger partial charge in [0.25, 0.3) is 0 Å². The summed E-state index contributed by atoms with van der Waals surface area (Å²) in [7, 11) is 0. The quantitative estimate of drug-likeness (QED) is 0.254. The number of thioether (sulfide) groups is 1. The van der Waals surface area contributed by atoms with Crippen LogP contribution in [0.15, 0.2) is 17.1 Å². The molecule has 0 aromatic heterocycles. The van der Waals surface area contributed by atoms with Crippen LogP contribution in [0.2, 0.25) is 0 Å². The van der Waals surface area contributed by atoms with Crippen LogP contribution in [-0.4, -0.2) is 30.6 Å². The van der Waals surface area contributed by atoms with Crippen LogP contribution in [0.1, 0.15) is 66.2 Å². The molecule has 0 aromatic carbocycles. The third-order valence-corrected chi connectivity index (χ3v) is 9.29. The summed E-state index contributed by atoms with van der Waals surface area (Å²) in [6, 6.07) is 0. The second-order valence-electron chi connectivity index (χ2n) is 9.69. The first kappa shape index (κ1) is 20.4. The van der Waals surface area contributed by atoms with Crippen molar-refractivity contribution in [3.8, 4) is 5.40 Å². The van der Waals surface area contributed by atoms with Gasteiger partial charge in [0, 0.05) is 0 Å². The van der Waals surface area contributed by atoms with E-state index in [1.165, 1.54) is 24.8 Å². The Kier molecular flexibility index (Phi) is 5.97. The number of aliphatic imine (C=N–C) groups is 1. The molecule has 0 spiro atoms. The van der Waals surface area contributed by atoms with Crippen molar-refractivity contribution in [1.82, 2.24) is 0 Å². The average molecular weight is 436 g/mol. The number of allylic oxidation sites excluding steroid dienone is 1. The first-order chi connectivity index (χ1) is 12.3. The molecule has 0 heterocycles. The predicted octanol–water partition coefficient (Wildman–Crippen LogP) is 5.47. The SMILES string of the molecule is C=C1CC[C@@]2(SC#N)[C@H]3[C@H](CC[C@@H]2C)[C@@H](C)C[C@@H](CC(C)(C)N=C=[Se])[C@H]13. The van der Waals surface area contributed by atoms with Crippen molar-refractivity contribution >= 4 is 32.1 Å². The van der Waals surface area contributed by atoms with Crippen LogP contribution in [0.4, 0.5) is 0 Å². The van der Waals surface area contributed by atoms with Crippen molar-refractivity contribution in [3.63, 3.8) is 0 Å². The van der Waals surface area contributed by atoms with E-state index in [9.17, 15) is 5.26 Å².